The summed E-state index contributed by atoms with van der Waals surface area (Å²) >= 11 is 0. The number of nitrogens with two attached hydrogens (primary N) is 1. The topological polar surface area (TPSA) is 77.2 Å². The van der Waals surface area contributed by atoms with Crippen LogP contribution in [-0.4, -0.2) is 20.6 Å². The van der Waals surface area contributed by atoms with Gasteiger partial charge in [0.05, 0.1) is 0 Å². The SMILES string of the molecule is CC1(C)CCC(C)(C)c2cc(C(N)=O)c(/C=C/S(C)(=O)=O)cc21. The minimum atomic E-state index is -3.27. The Labute approximate surface area is 138 Å². The first kappa shape index (κ1) is 17.7. The van der Waals surface area contributed by atoms with Crippen LogP contribution in [0.2, 0.25) is 0 Å². The molecule has 0 saturated heterocycles. The summed E-state index contributed by atoms with van der Waals surface area (Å²) in [6, 6.07) is 3.78. The molecule has 5 heteroatoms. The lowest BCUT2D eigenvalue weighted by Crippen LogP contribution is -2.34. The highest BCUT2D eigenvalue weighted by atomic mass is 32.2. The van der Waals surface area contributed by atoms with Crippen LogP contribution in [0.15, 0.2) is 17.5 Å². The maximum atomic E-state index is 11.8. The molecule has 2 N–H and O–H groups in total. The van der Waals surface area contributed by atoms with E-state index < -0.39 is 15.7 Å². The van der Waals surface area contributed by atoms with E-state index >= 15 is 0 Å². The highest BCUT2D eigenvalue weighted by molar-refractivity contribution is 7.93. The molecule has 126 valence electrons. The lowest BCUT2D eigenvalue weighted by atomic mass is 9.62. The van der Waals surface area contributed by atoms with E-state index in [4.69, 9.17) is 5.73 Å². The molecule has 0 spiro atoms. The van der Waals surface area contributed by atoms with E-state index in [-0.39, 0.29) is 10.8 Å². The number of sulfone groups is 1. The maximum Gasteiger partial charge on any atom is 0.249 e. The van der Waals surface area contributed by atoms with Crippen LogP contribution in [0, 0.1) is 0 Å². The number of benzene rings is 1. The molecule has 0 fully saturated rings. The Kier molecular flexibility index (Phi) is 4.22. The third kappa shape index (κ3) is 3.66. The molecule has 1 aromatic rings. The van der Waals surface area contributed by atoms with Gasteiger partial charge in [-0.15, -0.1) is 0 Å². The van der Waals surface area contributed by atoms with Crippen LogP contribution in [0.25, 0.3) is 6.08 Å². The fourth-order valence-corrected chi connectivity index (χ4v) is 3.57. The number of hydrogen-bond acceptors (Lipinski definition) is 3. The summed E-state index contributed by atoms with van der Waals surface area (Å²) in [4.78, 5) is 11.8. The summed E-state index contributed by atoms with van der Waals surface area (Å²) < 4.78 is 22.8. The molecule has 0 unspecified atom stereocenters. The summed E-state index contributed by atoms with van der Waals surface area (Å²) in [6.45, 7) is 8.68. The van der Waals surface area contributed by atoms with Crippen molar-refractivity contribution in [3.8, 4) is 0 Å². The average Bonchev–Trinajstić information content (AvgIpc) is 2.40. The first-order chi connectivity index (χ1) is 10.3. The Bertz CT molecular complexity index is 787. The second-order valence-corrected chi connectivity index (χ2v) is 9.68. The molecule has 0 saturated carbocycles. The number of fused-ring (bicyclic) bond motifs is 1. The van der Waals surface area contributed by atoms with Gasteiger partial charge in [-0.05, 0) is 52.5 Å². The van der Waals surface area contributed by atoms with E-state index in [1.807, 2.05) is 12.1 Å². The molecule has 1 aliphatic rings. The van der Waals surface area contributed by atoms with Crippen LogP contribution in [0.4, 0.5) is 0 Å². The average molecular weight is 335 g/mol. The number of carbonyl (C=O) groups is 1. The third-order valence-electron chi connectivity index (χ3n) is 4.78. The van der Waals surface area contributed by atoms with Crippen molar-refractivity contribution in [2.45, 2.75) is 51.4 Å². The summed E-state index contributed by atoms with van der Waals surface area (Å²) in [5, 5.41) is 1.11. The molecule has 1 aromatic carbocycles. The Balaban J connectivity index is 2.75. The minimum Gasteiger partial charge on any atom is -0.366 e. The Morgan fingerprint density at radius 3 is 2.00 bits per heavy atom. The number of primary amides is 1. The van der Waals surface area contributed by atoms with Crippen molar-refractivity contribution in [1.29, 1.82) is 0 Å². The Morgan fingerprint density at radius 1 is 1.09 bits per heavy atom. The van der Waals surface area contributed by atoms with Gasteiger partial charge < -0.3 is 5.73 Å². The highest BCUT2D eigenvalue weighted by Gasteiger charge is 2.37. The lowest BCUT2D eigenvalue weighted by Gasteiger charge is -2.42. The molecule has 1 aliphatic carbocycles. The van der Waals surface area contributed by atoms with Crippen molar-refractivity contribution in [3.05, 3.63) is 39.8 Å². The van der Waals surface area contributed by atoms with Gasteiger partial charge in [-0.1, -0.05) is 33.8 Å². The number of carbonyl (C=O) groups excluding carboxylic acids is 1. The highest BCUT2D eigenvalue weighted by Crippen LogP contribution is 2.46. The third-order valence-corrected chi connectivity index (χ3v) is 5.41. The quantitative estimate of drug-likeness (QED) is 0.921. The minimum absolute atomic E-state index is 0.0191. The van der Waals surface area contributed by atoms with E-state index in [9.17, 15) is 13.2 Å². The molecule has 1 amide bonds. The molecule has 4 nitrogen and oxygen atoms in total. The van der Waals surface area contributed by atoms with Crippen LogP contribution >= 0.6 is 0 Å². The van der Waals surface area contributed by atoms with Crippen LogP contribution in [-0.2, 0) is 20.7 Å². The molecule has 2 rings (SSSR count). The predicted octanol–water partition coefficient (Wildman–Crippen LogP) is 3.15. The molecule has 0 heterocycles. The van der Waals surface area contributed by atoms with Gasteiger partial charge in [-0.25, -0.2) is 8.42 Å². The molecule has 0 bridgehead atoms. The van der Waals surface area contributed by atoms with Gasteiger partial charge in [-0.3, -0.25) is 4.79 Å². The maximum absolute atomic E-state index is 11.8. The van der Waals surface area contributed by atoms with Crippen molar-refractivity contribution in [2.75, 3.05) is 6.26 Å². The van der Waals surface area contributed by atoms with Crippen molar-refractivity contribution < 1.29 is 13.2 Å². The molecule has 23 heavy (non-hydrogen) atoms. The first-order valence-corrected chi connectivity index (χ1v) is 9.66. The van der Waals surface area contributed by atoms with Gasteiger partial charge in [0.15, 0.2) is 9.84 Å². The van der Waals surface area contributed by atoms with Crippen molar-refractivity contribution in [1.82, 2.24) is 0 Å². The van der Waals surface area contributed by atoms with Gasteiger partial charge in [0, 0.05) is 17.2 Å². The zero-order valence-electron chi connectivity index (χ0n) is 14.4. The first-order valence-electron chi connectivity index (χ1n) is 7.70. The van der Waals surface area contributed by atoms with Crippen LogP contribution in [0.3, 0.4) is 0 Å². The number of rotatable bonds is 3. The van der Waals surface area contributed by atoms with Crippen molar-refractivity contribution in [3.63, 3.8) is 0 Å². The summed E-state index contributed by atoms with van der Waals surface area (Å²) in [5.41, 5.74) is 8.68. The normalized spacial score (nSPS) is 19.5. The molecular formula is C18H25NO3S. The Morgan fingerprint density at radius 2 is 1.57 bits per heavy atom. The van der Waals surface area contributed by atoms with Gasteiger partial charge in [0.2, 0.25) is 5.91 Å². The van der Waals surface area contributed by atoms with Crippen LogP contribution in [0.1, 0.15) is 67.6 Å². The zero-order chi connectivity index (χ0) is 17.6. The van der Waals surface area contributed by atoms with Gasteiger partial charge in [-0.2, -0.15) is 0 Å². The lowest BCUT2D eigenvalue weighted by molar-refractivity contribution is 0.0999. The van der Waals surface area contributed by atoms with Crippen LogP contribution in [0.5, 0.6) is 0 Å². The fourth-order valence-electron chi connectivity index (χ4n) is 3.18. The summed E-state index contributed by atoms with van der Waals surface area (Å²) in [6.07, 6.45) is 4.66. The van der Waals surface area contributed by atoms with E-state index in [2.05, 4.69) is 27.7 Å². The number of hydrogen-bond donors (Lipinski definition) is 1. The fraction of sp³-hybridized carbons (Fsp3) is 0.500. The van der Waals surface area contributed by atoms with E-state index in [0.29, 0.717) is 11.1 Å². The summed E-state index contributed by atoms with van der Waals surface area (Å²) in [5.74, 6) is -0.542. The zero-order valence-corrected chi connectivity index (χ0v) is 15.3. The summed E-state index contributed by atoms with van der Waals surface area (Å²) in [7, 11) is -3.27. The van der Waals surface area contributed by atoms with Gasteiger partial charge in [0.1, 0.15) is 0 Å². The molecule has 0 aromatic heterocycles. The van der Waals surface area contributed by atoms with E-state index in [1.165, 1.54) is 6.08 Å². The van der Waals surface area contributed by atoms with Crippen LogP contribution < -0.4 is 5.73 Å². The van der Waals surface area contributed by atoms with Gasteiger partial charge in [0.25, 0.3) is 0 Å². The molecule has 0 radical (unpaired) electrons. The molecule has 0 atom stereocenters. The van der Waals surface area contributed by atoms with Gasteiger partial charge >= 0.3 is 0 Å². The van der Waals surface area contributed by atoms with E-state index in [1.54, 1.807) is 0 Å². The number of amides is 1. The van der Waals surface area contributed by atoms with E-state index in [0.717, 1.165) is 35.6 Å². The smallest absolute Gasteiger partial charge is 0.249 e. The van der Waals surface area contributed by atoms with Crippen molar-refractivity contribution >= 4 is 21.8 Å². The molecule has 0 aliphatic heterocycles. The predicted molar refractivity (Wildman–Crippen MR) is 94.1 cm³/mol. The second kappa shape index (κ2) is 5.48. The Hall–Kier alpha value is -1.62. The standard InChI is InChI=1S/C18H25NO3S/c1-17(2)7-8-18(3,4)15-11-13(16(19)20)12(10-14(15)17)6-9-23(5,21)22/h6,9-11H,7-8H2,1-5H3,(H2,19,20)/b9-6+. The monoisotopic (exact) mass is 335 g/mol. The molecular weight excluding hydrogens is 310 g/mol. The second-order valence-electron chi connectivity index (χ2n) is 7.75. The van der Waals surface area contributed by atoms with Crippen molar-refractivity contribution in [2.24, 2.45) is 5.73 Å². The largest absolute Gasteiger partial charge is 0.366 e.